The fourth-order valence-corrected chi connectivity index (χ4v) is 2.90. The Kier molecular flexibility index (Phi) is 3.17. The number of anilines is 1. The Morgan fingerprint density at radius 2 is 2.11 bits per heavy atom. The number of rotatable bonds is 3. The number of pyridine rings is 1. The molecule has 0 aliphatic rings. The second kappa shape index (κ2) is 4.97. The molecule has 0 aliphatic carbocycles. The van der Waals surface area contributed by atoms with Crippen molar-refractivity contribution in [2.24, 2.45) is 0 Å². The number of benzene rings is 1. The maximum absolute atomic E-state index is 4.47. The maximum Gasteiger partial charge on any atom is 0.0907 e. The highest BCUT2D eigenvalue weighted by Crippen LogP contribution is 2.25. The summed E-state index contributed by atoms with van der Waals surface area (Å²) >= 11 is 1.73. The maximum atomic E-state index is 4.47. The van der Waals surface area contributed by atoms with E-state index in [1.54, 1.807) is 11.3 Å². The van der Waals surface area contributed by atoms with Crippen LogP contribution in [0.25, 0.3) is 10.2 Å². The van der Waals surface area contributed by atoms with E-state index in [0.717, 1.165) is 22.8 Å². The molecule has 0 atom stereocenters. The van der Waals surface area contributed by atoms with E-state index in [9.17, 15) is 0 Å². The largest absolute Gasteiger partial charge is 0.381 e. The molecule has 0 bridgehead atoms. The third-order valence-corrected chi connectivity index (χ3v) is 4.06. The molecule has 1 N–H and O–H groups in total. The minimum atomic E-state index is 0.795. The molecule has 0 fully saturated rings. The molecule has 0 saturated heterocycles. The second-order valence-corrected chi connectivity index (χ2v) is 5.81. The Morgan fingerprint density at radius 3 is 2.95 bits per heavy atom. The van der Waals surface area contributed by atoms with Crippen molar-refractivity contribution in [2.75, 3.05) is 5.32 Å². The van der Waals surface area contributed by atoms with Crippen LogP contribution in [0.3, 0.4) is 0 Å². The number of thiazole rings is 1. The van der Waals surface area contributed by atoms with Gasteiger partial charge in [0.25, 0.3) is 0 Å². The zero-order valence-electron chi connectivity index (χ0n) is 11.0. The predicted molar refractivity (Wildman–Crippen MR) is 80.7 cm³/mol. The molecule has 0 aliphatic heterocycles. The Morgan fingerprint density at radius 1 is 1.21 bits per heavy atom. The average Bonchev–Trinajstić information content (AvgIpc) is 2.77. The van der Waals surface area contributed by atoms with Gasteiger partial charge in [-0.2, -0.15) is 0 Å². The Hall–Kier alpha value is -1.94. The highest BCUT2D eigenvalue weighted by atomic mass is 32.1. The van der Waals surface area contributed by atoms with Gasteiger partial charge in [0, 0.05) is 24.6 Å². The summed E-state index contributed by atoms with van der Waals surface area (Å²) in [5, 5.41) is 4.55. The summed E-state index contributed by atoms with van der Waals surface area (Å²) < 4.78 is 1.23. The zero-order valence-corrected chi connectivity index (χ0v) is 11.8. The number of fused-ring (bicyclic) bond motifs is 1. The summed E-state index contributed by atoms with van der Waals surface area (Å²) in [6, 6.07) is 8.34. The first-order valence-corrected chi connectivity index (χ1v) is 7.04. The van der Waals surface area contributed by atoms with Gasteiger partial charge < -0.3 is 5.32 Å². The van der Waals surface area contributed by atoms with Crippen molar-refractivity contribution in [3.63, 3.8) is 0 Å². The van der Waals surface area contributed by atoms with Crippen LogP contribution < -0.4 is 5.32 Å². The lowest BCUT2D eigenvalue weighted by Gasteiger charge is -2.08. The number of aryl methyl sites for hydroxylation is 2. The molecule has 2 aromatic heterocycles. The van der Waals surface area contributed by atoms with Crippen LogP contribution in [0.1, 0.15) is 16.1 Å². The quantitative estimate of drug-likeness (QED) is 0.783. The van der Waals surface area contributed by atoms with Crippen molar-refractivity contribution in [2.45, 2.75) is 20.4 Å². The first kappa shape index (κ1) is 12.1. The highest BCUT2D eigenvalue weighted by molar-refractivity contribution is 7.18. The smallest absolute Gasteiger partial charge is 0.0907 e. The fourth-order valence-electron chi connectivity index (χ4n) is 2.03. The molecule has 3 nitrogen and oxygen atoms in total. The molecule has 3 aromatic rings. The van der Waals surface area contributed by atoms with E-state index < -0.39 is 0 Å². The van der Waals surface area contributed by atoms with E-state index in [1.807, 2.05) is 25.4 Å². The van der Waals surface area contributed by atoms with E-state index in [2.05, 4.69) is 40.4 Å². The normalized spacial score (nSPS) is 10.8. The SMILES string of the molecule is Cc1nc2ccc(NCc3cnccc3C)cc2s1. The van der Waals surface area contributed by atoms with Gasteiger partial charge in [0.2, 0.25) is 0 Å². The lowest BCUT2D eigenvalue weighted by molar-refractivity contribution is 1.08. The molecule has 0 radical (unpaired) electrons. The van der Waals surface area contributed by atoms with Crippen molar-refractivity contribution in [1.82, 2.24) is 9.97 Å². The second-order valence-electron chi connectivity index (χ2n) is 4.57. The van der Waals surface area contributed by atoms with Crippen LogP contribution in [0, 0.1) is 13.8 Å². The lowest BCUT2D eigenvalue weighted by Crippen LogP contribution is -2.01. The summed E-state index contributed by atoms with van der Waals surface area (Å²) in [6.07, 6.45) is 3.74. The van der Waals surface area contributed by atoms with Crippen LogP contribution in [0.5, 0.6) is 0 Å². The molecule has 2 heterocycles. The van der Waals surface area contributed by atoms with Gasteiger partial charge in [-0.05, 0) is 49.2 Å². The summed E-state index contributed by atoms with van der Waals surface area (Å²) in [5.41, 5.74) is 4.69. The topological polar surface area (TPSA) is 37.8 Å². The van der Waals surface area contributed by atoms with Crippen molar-refractivity contribution < 1.29 is 0 Å². The molecule has 4 heteroatoms. The van der Waals surface area contributed by atoms with Crippen molar-refractivity contribution >= 4 is 27.2 Å². The first-order chi connectivity index (χ1) is 9.22. The number of nitrogens with one attached hydrogen (secondary N) is 1. The van der Waals surface area contributed by atoms with E-state index >= 15 is 0 Å². The van der Waals surface area contributed by atoms with Crippen LogP contribution in [0.4, 0.5) is 5.69 Å². The van der Waals surface area contributed by atoms with Crippen LogP contribution in [0.2, 0.25) is 0 Å². The number of aromatic nitrogens is 2. The summed E-state index contributed by atoms with van der Waals surface area (Å²) in [6.45, 7) is 4.94. The molecule has 96 valence electrons. The third kappa shape index (κ3) is 2.58. The molecule has 3 rings (SSSR count). The van der Waals surface area contributed by atoms with Gasteiger partial charge in [-0.3, -0.25) is 4.98 Å². The standard InChI is InChI=1S/C15H15N3S/c1-10-5-6-16-8-12(10)9-17-13-3-4-14-15(7-13)19-11(2)18-14/h3-8,17H,9H2,1-2H3. The van der Waals surface area contributed by atoms with Crippen molar-refractivity contribution in [1.29, 1.82) is 0 Å². The third-order valence-electron chi connectivity index (χ3n) is 3.13. The van der Waals surface area contributed by atoms with Gasteiger partial charge >= 0.3 is 0 Å². The molecule has 1 aromatic carbocycles. The van der Waals surface area contributed by atoms with Crippen LogP contribution in [-0.2, 0) is 6.54 Å². The number of hydrogen-bond donors (Lipinski definition) is 1. The van der Waals surface area contributed by atoms with Gasteiger partial charge in [0.1, 0.15) is 0 Å². The Balaban J connectivity index is 1.80. The monoisotopic (exact) mass is 269 g/mol. The van der Waals surface area contributed by atoms with Crippen molar-refractivity contribution in [3.8, 4) is 0 Å². The Bertz CT molecular complexity index is 718. The molecular formula is C15H15N3S. The average molecular weight is 269 g/mol. The van der Waals surface area contributed by atoms with E-state index in [0.29, 0.717) is 0 Å². The molecule has 0 saturated carbocycles. The van der Waals surface area contributed by atoms with Gasteiger partial charge in [-0.25, -0.2) is 4.98 Å². The van der Waals surface area contributed by atoms with Crippen LogP contribution in [0.15, 0.2) is 36.7 Å². The fraction of sp³-hybridized carbons (Fsp3) is 0.200. The minimum Gasteiger partial charge on any atom is -0.381 e. The van der Waals surface area contributed by atoms with Gasteiger partial charge in [0.15, 0.2) is 0 Å². The highest BCUT2D eigenvalue weighted by Gasteiger charge is 2.02. The first-order valence-electron chi connectivity index (χ1n) is 6.23. The van der Waals surface area contributed by atoms with E-state index in [-0.39, 0.29) is 0 Å². The lowest BCUT2D eigenvalue weighted by atomic mass is 10.1. The zero-order chi connectivity index (χ0) is 13.2. The molecule has 0 spiro atoms. The van der Waals surface area contributed by atoms with E-state index in [1.165, 1.54) is 15.8 Å². The van der Waals surface area contributed by atoms with E-state index in [4.69, 9.17) is 0 Å². The van der Waals surface area contributed by atoms with Crippen LogP contribution >= 0.6 is 11.3 Å². The minimum absolute atomic E-state index is 0.795. The summed E-state index contributed by atoms with van der Waals surface area (Å²) in [7, 11) is 0. The number of hydrogen-bond acceptors (Lipinski definition) is 4. The van der Waals surface area contributed by atoms with Crippen LogP contribution in [-0.4, -0.2) is 9.97 Å². The molecule has 0 unspecified atom stereocenters. The van der Waals surface area contributed by atoms with Gasteiger partial charge in [0.05, 0.1) is 15.2 Å². The molecular weight excluding hydrogens is 254 g/mol. The molecule has 0 amide bonds. The Labute approximate surface area is 116 Å². The predicted octanol–water partition coefficient (Wildman–Crippen LogP) is 3.92. The summed E-state index contributed by atoms with van der Waals surface area (Å²) in [4.78, 5) is 8.63. The van der Waals surface area contributed by atoms with Gasteiger partial charge in [-0.15, -0.1) is 11.3 Å². The number of nitrogens with zero attached hydrogens (tertiary/aromatic N) is 2. The summed E-state index contributed by atoms with van der Waals surface area (Å²) in [5.74, 6) is 0. The van der Waals surface area contributed by atoms with Crippen molar-refractivity contribution in [3.05, 3.63) is 52.8 Å². The van der Waals surface area contributed by atoms with Gasteiger partial charge in [-0.1, -0.05) is 0 Å². The molecule has 19 heavy (non-hydrogen) atoms.